The van der Waals surface area contributed by atoms with Gasteiger partial charge in [-0.2, -0.15) is 5.10 Å². The van der Waals surface area contributed by atoms with E-state index in [1.54, 1.807) is 10.7 Å². The fourth-order valence-corrected chi connectivity index (χ4v) is 7.00. The van der Waals surface area contributed by atoms with Gasteiger partial charge in [-0.1, -0.05) is 18.1 Å². The smallest absolute Gasteiger partial charge is 0.267 e. The van der Waals surface area contributed by atoms with Gasteiger partial charge in [0.15, 0.2) is 5.82 Å². The van der Waals surface area contributed by atoms with Crippen LogP contribution in [0.3, 0.4) is 0 Å². The topological polar surface area (TPSA) is 76.3 Å². The second-order valence-electron chi connectivity index (χ2n) is 10.6. The van der Waals surface area contributed by atoms with Crippen LogP contribution < -0.4 is 5.56 Å². The third kappa shape index (κ3) is 3.72. The molecule has 180 valence electrons. The first-order valence-electron chi connectivity index (χ1n) is 12.8. The summed E-state index contributed by atoms with van der Waals surface area (Å²) < 4.78 is 3.02. The third-order valence-corrected chi connectivity index (χ3v) is 8.34. The van der Waals surface area contributed by atoms with Crippen LogP contribution in [0.2, 0.25) is 0 Å². The highest BCUT2D eigenvalue weighted by molar-refractivity contribution is 5.77. The molecule has 2 aromatic heterocycles. The van der Waals surface area contributed by atoms with E-state index in [-0.39, 0.29) is 24.1 Å². The van der Waals surface area contributed by atoms with Gasteiger partial charge >= 0.3 is 0 Å². The van der Waals surface area contributed by atoms with Gasteiger partial charge in [-0.05, 0) is 76.5 Å². The Morgan fingerprint density at radius 1 is 1.12 bits per heavy atom. The number of aryl methyl sites for hydroxylation is 2. The molecule has 0 aromatic carbocycles. The summed E-state index contributed by atoms with van der Waals surface area (Å²) in [5.41, 5.74) is 3.03. The number of piperidine rings is 3. The molecule has 0 spiro atoms. The number of carbonyl (C=O) groups is 1. The molecule has 0 radical (unpaired) electrons. The number of nitrogens with zero attached hydrogens (tertiary/aromatic N) is 6. The molecule has 0 unspecified atom stereocenters. The van der Waals surface area contributed by atoms with Gasteiger partial charge in [0, 0.05) is 30.9 Å². The van der Waals surface area contributed by atoms with Crippen molar-refractivity contribution in [3.05, 3.63) is 51.6 Å². The summed E-state index contributed by atoms with van der Waals surface area (Å²) in [5.74, 6) is 1.69. The molecule has 2 aromatic rings. The SMILES string of the molecule is Cc1cc(C)n(-c2ccc(=O)n(CC(=O)N3CCCC4=C[C@H]5C[C@H](CN6CCCC[C@@H]56)[C@@H]43)n2)n1. The molecule has 1 aliphatic carbocycles. The Morgan fingerprint density at radius 3 is 2.82 bits per heavy atom. The fourth-order valence-electron chi connectivity index (χ4n) is 7.00. The van der Waals surface area contributed by atoms with Crippen LogP contribution in [0, 0.1) is 25.7 Å². The second-order valence-corrected chi connectivity index (χ2v) is 10.6. The number of rotatable bonds is 3. The number of fused-ring (bicyclic) bond motifs is 6. The Labute approximate surface area is 200 Å². The Kier molecular flexibility index (Phi) is 5.43. The molecule has 3 fully saturated rings. The summed E-state index contributed by atoms with van der Waals surface area (Å²) in [7, 11) is 0. The monoisotopic (exact) mass is 462 g/mol. The minimum absolute atomic E-state index is 0.00469. The number of carbonyl (C=O) groups excluding carboxylic acids is 1. The minimum atomic E-state index is -0.260. The normalized spacial score (nSPS) is 28.8. The molecule has 34 heavy (non-hydrogen) atoms. The molecule has 4 aliphatic rings. The van der Waals surface area contributed by atoms with E-state index in [1.165, 1.54) is 48.5 Å². The average Bonchev–Trinajstić information content (AvgIpc) is 3.18. The van der Waals surface area contributed by atoms with Crippen LogP contribution in [0.1, 0.15) is 49.9 Å². The number of likely N-dealkylation sites (tertiary alicyclic amines) is 1. The van der Waals surface area contributed by atoms with Crippen molar-refractivity contribution in [1.82, 2.24) is 29.4 Å². The standard InChI is InChI=1S/C26H34N6O2/c1-17-12-18(2)32(27-17)23-8-9-24(33)31(28-23)16-25(34)30-11-5-6-19-13-20-14-21(26(19)30)15-29-10-4-3-7-22(20)29/h8-9,12-13,20-22,26H,3-7,10-11,14-16H2,1-2H3/t20-,21+,22-,26+/m0/s1. The lowest BCUT2D eigenvalue weighted by Crippen LogP contribution is -2.60. The molecule has 3 aliphatic heterocycles. The van der Waals surface area contributed by atoms with Gasteiger partial charge in [-0.15, -0.1) is 5.10 Å². The van der Waals surface area contributed by atoms with Gasteiger partial charge in [-0.25, -0.2) is 9.36 Å². The van der Waals surface area contributed by atoms with E-state index >= 15 is 0 Å². The van der Waals surface area contributed by atoms with Gasteiger partial charge in [-0.3, -0.25) is 14.5 Å². The maximum atomic E-state index is 13.6. The first-order chi connectivity index (χ1) is 16.5. The number of hydrogen-bond acceptors (Lipinski definition) is 5. The van der Waals surface area contributed by atoms with Crippen molar-refractivity contribution >= 4 is 5.91 Å². The summed E-state index contributed by atoms with van der Waals surface area (Å²) in [6.45, 7) is 6.90. The van der Waals surface area contributed by atoms with E-state index < -0.39 is 0 Å². The Hall–Kier alpha value is -2.74. The van der Waals surface area contributed by atoms with Gasteiger partial charge in [0.25, 0.3) is 5.56 Å². The quantitative estimate of drug-likeness (QED) is 0.655. The van der Waals surface area contributed by atoms with Crippen molar-refractivity contribution in [2.24, 2.45) is 11.8 Å². The van der Waals surface area contributed by atoms with Crippen LogP contribution in [0.5, 0.6) is 0 Å². The van der Waals surface area contributed by atoms with Crippen LogP contribution in [0.4, 0.5) is 0 Å². The second kappa shape index (κ2) is 8.48. The molecule has 4 atom stereocenters. The average molecular weight is 463 g/mol. The van der Waals surface area contributed by atoms with Crippen LogP contribution in [-0.2, 0) is 11.3 Å². The van der Waals surface area contributed by atoms with Crippen LogP contribution in [0.15, 0.2) is 34.6 Å². The lowest BCUT2D eigenvalue weighted by molar-refractivity contribution is -0.137. The molecular weight excluding hydrogens is 428 g/mol. The van der Waals surface area contributed by atoms with Crippen molar-refractivity contribution in [3.8, 4) is 5.82 Å². The van der Waals surface area contributed by atoms with Crippen molar-refractivity contribution in [2.75, 3.05) is 19.6 Å². The van der Waals surface area contributed by atoms with Gasteiger partial charge in [0.2, 0.25) is 5.91 Å². The van der Waals surface area contributed by atoms with E-state index in [1.807, 2.05) is 19.9 Å². The number of amides is 1. The van der Waals surface area contributed by atoms with E-state index in [9.17, 15) is 9.59 Å². The Balaban J connectivity index is 1.26. The largest absolute Gasteiger partial charge is 0.334 e. The van der Waals surface area contributed by atoms with Gasteiger partial charge in [0.1, 0.15) is 6.54 Å². The fraction of sp³-hybridized carbons (Fsp3) is 0.615. The molecule has 5 heterocycles. The minimum Gasteiger partial charge on any atom is -0.334 e. The molecule has 8 nitrogen and oxygen atoms in total. The van der Waals surface area contributed by atoms with E-state index in [2.05, 4.69) is 26.1 Å². The van der Waals surface area contributed by atoms with Crippen molar-refractivity contribution in [3.63, 3.8) is 0 Å². The molecule has 6 rings (SSSR count). The number of hydrogen-bond donors (Lipinski definition) is 0. The molecule has 2 bridgehead atoms. The highest BCUT2D eigenvalue weighted by Crippen LogP contribution is 2.45. The molecule has 0 saturated carbocycles. The van der Waals surface area contributed by atoms with Crippen LogP contribution in [0.25, 0.3) is 5.82 Å². The van der Waals surface area contributed by atoms with Gasteiger partial charge in [0.05, 0.1) is 11.7 Å². The predicted molar refractivity (Wildman–Crippen MR) is 129 cm³/mol. The van der Waals surface area contributed by atoms with E-state index in [0.717, 1.165) is 37.3 Å². The molecule has 8 heteroatoms. The van der Waals surface area contributed by atoms with Crippen LogP contribution >= 0.6 is 0 Å². The lowest BCUT2D eigenvalue weighted by Gasteiger charge is -2.54. The maximum absolute atomic E-state index is 13.6. The predicted octanol–water partition coefficient (Wildman–Crippen LogP) is 2.47. The van der Waals surface area contributed by atoms with E-state index in [0.29, 0.717) is 23.7 Å². The highest BCUT2D eigenvalue weighted by Gasteiger charge is 2.46. The third-order valence-electron chi connectivity index (χ3n) is 8.34. The highest BCUT2D eigenvalue weighted by atomic mass is 16.2. The van der Waals surface area contributed by atoms with Crippen molar-refractivity contribution in [2.45, 2.75) is 71.0 Å². The molecule has 3 saturated heterocycles. The first kappa shape index (κ1) is 21.8. The molecular formula is C26H34N6O2. The zero-order chi connectivity index (χ0) is 23.4. The maximum Gasteiger partial charge on any atom is 0.267 e. The summed E-state index contributed by atoms with van der Waals surface area (Å²) in [6.07, 6.45) is 9.75. The van der Waals surface area contributed by atoms with Crippen molar-refractivity contribution < 1.29 is 4.79 Å². The zero-order valence-electron chi connectivity index (χ0n) is 20.2. The zero-order valence-corrected chi connectivity index (χ0v) is 20.2. The van der Waals surface area contributed by atoms with Crippen LogP contribution in [-0.4, -0.2) is 67.0 Å². The van der Waals surface area contributed by atoms with Gasteiger partial charge < -0.3 is 4.90 Å². The first-order valence-corrected chi connectivity index (χ1v) is 12.8. The summed E-state index contributed by atoms with van der Waals surface area (Å²) >= 11 is 0. The van der Waals surface area contributed by atoms with E-state index in [4.69, 9.17) is 0 Å². The summed E-state index contributed by atoms with van der Waals surface area (Å²) in [5, 5.41) is 8.98. The molecule has 1 amide bonds. The lowest BCUT2D eigenvalue weighted by atomic mass is 9.68. The Morgan fingerprint density at radius 2 is 2.00 bits per heavy atom. The number of aromatic nitrogens is 4. The Bertz CT molecular complexity index is 1200. The molecule has 0 N–H and O–H groups in total. The van der Waals surface area contributed by atoms with Crippen molar-refractivity contribution in [1.29, 1.82) is 0 Å². The summed E-state index contributed by atoms with van der Waals surface area (Å²) in [4.78, 5) is 31.0. The summed E-state index contributed by atoms with van der Waals surface area (Å²) in [6, 6.07) is 6.00.